The molecule has 3 N–H and O–H groups in total. The highest BCUT2D eigenvalue weighted by Gasteiger charge is 2.12. The summed E-state index contributed by atoms with van der Waals surface area (Å²) >= 11 is 0. The predicted molar refractivity (Wildman–Crippen MR) is 76.4 cm³/mol. The number of pyridine rings is 1. The van der Waals surface area contributed by atoms with Crippen LogP contribution in [0, 0.1) is 0 Å². The van der Waals surface area contributed by atoms with Gasteiger partial charge in [-0.25, -0.2) is 9.97 Å². The van der Waals surface area contributed by atoms with E-state index in [4.69, 9.17) is 15.7 Å². The topological polar surface area (TPSA) is 107 Å². The van der Waals surface area contributed by atoms with Crippen molar-refractivity contribution in [2.24, 2.45) is 10.9 Å². The molecule has 104 valence electrons. The second kappa shape index (κ2) is 5.41. The number of nitrogens with two attached hydrogens (primary N) is 1. The lowest BCUT2D eigenvalue weighted by Gasteiger charge is -2.08. The van der Waals surface area contributed by atoms with Crippen LogP contribution in [0.1, 0.15) is 5.69 Å². The first kappa shape index (κ1) is 12.8. The molecule has 3 rings (SSSR count). The van der Waals surface area contributed by atoms with Gasteiger partial charge in [-0.15, -0.1) is 0 Å². The summed E-state index contributed by atoms with van der Waals surface area (Å²) in [5.41, 5.74) is 6.56. The summed E-state index contributed by atoms with van der Waals surface area (Å²) in [5, 5.41) is 12.6. The van der Waals surface area contributed by atoms with E-state index in [1.807, 2.05) is 30.3 Å². The Balaban J connectivity index is 1.99. The molecule has 0 aliphatic heterocycles. The summed E-state index contributed by atoms with van der Waals surface area (Å²) in [5.74, 6) is 0.456. The number of rotatable bonds is 3. The van der Waals surface area contributed by atoms with E-state index >= 15 is 0 Å². The second-order valence-corrected chi connectivity index (χ2v) is 4.16. The highest BCUT2D eigenvalue weighted by atomic mass is 16.5. The maximum Gasteiger partial charge on any atom is 0.249 e. The SMILES string of the molecule is N/C(=N/O)c1nccnc1Oc1cnc2ccccc2c1. The van der Waals surface area contributed by atoms with Gasteiger partial charge in [0.1, 0.15) is 5.75 Å². The van der Waals surface area contributed by atoms with Crippen molar-refractivity contribution in [3.63, 3.8) is 0 Å². The van der Waals surface area contributed by atoms with Gasteiger partial charge in [-0.1, -0.05) is 23.4 Å². The quantitative estimate of drug-likeness (QED) is 0.329. The number of ether oxygens (including phenoxy) is 1. The lowest BCUT2D eigenvalue weighted by atomic mass is 10.2. The van der Waals surface area contributed by atoms with E-state index in [1.165, 1.54) is 12.4 Å². The van der Waals surface area contributed by atoms with Gasteiger partial charge in [-0.2, -0.15) is 0 Å². The molecule has 2 heterocycles. The molecule has 21 heavy (non-hydrogen) atoms. The Hall–Kier alpha value is -3.22. The van der Waals surface area contributed by atoms with Crippen molar-refractivity contribution in [1.29, 1.82) is 0 Å². The molecule has 3 aromatic rings. The minimum absolute atomic E-state index is 0.143. The summed E-state index contributed by atoms with van der Waals surface area (Å²) < 4.78 is 5.63. The Kier molecular flexibility index (Phi) is 3.30. The molecular formula is C14H11N5O2. The number of oxime groups is 1. The van der Waals surface area contributed by atoms with Gasteiger partial charge >= 0.3 is 0 Å². The van der Waals surface area contributed by atoms with Gasteiger partial charge in [-0.05, 0) is 12.1 Å². The fourth-order valence-corrected chi connectivity index (χ4v) is 1.84. The number of hydrogen-bond donors (Lipinski definition) is 2. The molecular weight excluding hydrogens is 270 g/mol. The van der Waals surface area contributed by atoms with E-state index in [1.54, 1.807) is 6.20 Å². The molecule has 1 aromatic carbocycles. The molecule has 0 saturated heterocycles. The fourth-order valence-electron chi connectivity index (χ4n) is 1.84. The molecule has 0 amide bonds. The molecule has 0 radical (unpaired) electrons. The van der Waals surface area contributed by atoms with Crippen LogP contribution in [-0.4, -0.2) is 26.0 Å². The first-order valence-electron chi connectivity index (χ1n) is 6.09. The number of nitrogens with zero attached hydrogens (tertiary/aromatic N) is 4. The monoisotopic (exact) mass is 281 g/mol. The smallest absolute Gasteiger partial charge is 0.249 e. The second-order valence-electron chi connectivity index (χ2n) is 4.16. The van der Waals surface area contributed by atoms with Gasteiger partial charge in [0.15, 0.2) is 11.5 Å². The van der Waals surface area contributed by atoms with Crippen molar-refractivity contribution in [1.82, 2.24) is 15.0 Å². The molecule has 7 nitrogen and oxygen atoms in total. The van der Waals surface area contributed by atoms with E-state index in [0.29, 0.717) is 5.75 Å². The van der Waals surface area contributed by atoms with E-state index < -0.39 is 0 Å². The molecule has 0 aliphatic rings. The van der Waals surface area contributed by atoms with Crippen molar-refractivity contribution in [2.75, 3.05) is 0 Å². The predicted octanol–water partition coefficient (Wildman–Crippen LogP) is 1.91. The van der Waals surface area contributed by atoms with Gasteiger partial charge in [0.05, 0.1) is 11.7 Å². The van der Waals surface area contributed by atoms with Gasteiger partial charge < -0.3 is 15.7 Å². The number of hydrogen-bond acceptors (Lipinski definition) is 6. The fraction of sp³-hybridized carbons (Fsp3) is 0. The molecule has 0 aliphatic carbocycles. The van der Waals surface area contributed by atoms with Crippen LogP contribution in [0.25, 0.3) is 10.9 Å². The van der Waals surface area contributed by atoms with Crippen LogP contribution in [0.5, 0.6) is 11.6 Å². The van der Waals surface area contributed by atoms with Crippen molar-refractivity contribution in [2.45, 2.75) is 0 Å². The van der Waals surface area contributed by atoms with Gasteiger partial charge in [0, 0.05) is 17.8 Å². The van der Waals surface area contributed by atoms with E-state index in [9.17, 15) is 0 Å². The third kappa shape index (κ3) is 2.57. The Morgan fingerprint density at radius 3 is 2.81 bits per heavy atom. The van der Waals surface area contributed by atoms with Crippen LogP contribution in [0.2, 0.25) is 0 Å². The molecule has 0 fully saturated rings. The maximum absolute atomic E-state index is 8.75. The lowest BCUT2D eigenvalue weighted by Crippen LogP contribution is -2.16. The zero-order chi connectivity index (χ0) is 14.7. The highest BCUT2D eigenvalue weighted by Crippen LogP contribution is 2.24. The third-order valence-corrected chi connectivity index (χ3v) is 2.79. The lowest BCUT2D eigenvalue weighted by molar-refractivity contribution is 0.318. The highest BCUT2D eigenvalue weighted by molar-refractivity contribution is 5.97. The van der Waals surface area contributed by atoms with Gasteiger partial charge in [-0.3, -0.25) is 4.98 Å². The molecule has 0 unspecified atom stereocenters. The summed E-state index contributed by atoms with van der Waals surface area (Å²) in [6.45, 7) is 0. The molecule has 0 spiro atoms. The average molecular weight is 281 g/mol. The molecule has 0 saturated carbocycles. The Labute approximate surface area is 119 Å². The first-order chi connectivity index (χ1) is 10.3. The van der Waals surface area contributed by atoms with Gasteiger partial charge in [0.2, 0.25) is 5.88 Å². The summed E-state index contributed by atoms with van der Waals surface area (Å²) in [4.78, 5) is 12.3. The first-order valence-corrected chi connectivity index (χ1v) is 6.09. The van der Waals surface area contributed by atoms with Crippen molar-refractivity contribution < 1.29 is 9.94 Å². The zero-order valence-electron chi connectivity index (χ0n) is 10.8. The number of fused-ring (bicyclic) bond motifs is 1. The Morgan fingerprint density at radius 1 is 1.14 bits per heavy atom. The third-order valence-electron chi connectivity index (χ3n) is 2.79. The van der Waals surface area contributed by atoms with Crippen LogP contribution < -0.4 is 10.5 Å². The van der Waals surface area contributed by atoms with Gasteiger partial charge in [0.25, 0.3) is 0 Å². The van der Waals surface area contributed by atoms with Crippen molar-refractivity contribution in [3.8, 4) is 11.6 Å². The molecule has 0 bridgehead atoms. The number of amidine groups is 1. The maximum atomic E-state index is 8.75. The minimum Gasteiger partial charge on any atom is -0.435 e. The summed E-state index contributed by atoms with van der Waals surface area (Å²) in [7, 11) is 0. The molecule has 0 atom stereocenters. The van der Waals surface area contributed by atoms with Crippen molar-refractivity contribution in [3.05, 3.63) is 54.6 Å². The Bertz CT molecular complexity index is 819. The van der Waals surface area contributed by atoms with Crippen LogP contribution in [0.15, 0.2) is 54.1 Å². The van der Waals surface area contributed by atoms with Crippen LogP contribution >= 0.6 is 0 Å². The van der Waals surface area contributed by atoms with E-state index in [-0.39, 0.29) is 17.4 Å². The standard InChI is InChI=1S/C14H11N5O2/c15-13(19-20)12-14(17-6-5-16-12)21-10-7-9-3-1-2-4-11(9)18-8-10/h1-8,20H,(H2,15,19). The number of para-hydroxylation sites is 1. The van der Waals surface area contributed by atoms with Crippen LogP contribution in [-0.2, 0) is 0 Å². The normalized spacial score (nSPS) is 11.5. The average Bonchev–Trinajstić information content (AvgIpc) is 2.54. The van der Waals surface area contributed by atoms with E-state index in [0.717, 1.165) is 10.9 Å². The minimum atomic E-state index is -0.174. The largest absolute Gasteiger partial charge is 0.435 e. The van der Waals surface area contributed by atoms with Crippen LogP contribution in [0.3, 0.4) is 0 Å². The number of benzene rings is 1. The van der Waals surface area contributed by atoms with Crippen LogP contribution in [0.4, 0.5) is 0 Å². The zero-order valence-corrected chi connectivity index (χ0v) is 10.8. The molecule has 2 aromatic heterocycles. The molecule has 7 heteroatoms. The number of aromatic nitrogens is 3. The summed E-state index contributed by atoms with van der Waals surface area (Å²) in [6, 6.07) is 9.49. The Morgan fingerprint density at radius 2 is 1.95 bits per heavy atom. The van der Waals surface area contributed by atoms with E-state index in [2.05, 4.69) is 20.1 Å². The summed E-state index contributed by atoms with van der Waals surface area (Å²) in [6.07, 6.45) is 4.46. The van der Waals surface area contributed by atoms with Crippen molar-refractivity contribution >= 4 is 16.7 Å².